The molecule has 1 aliphatic rings. The molecule has 1 aliphatic heterocycles. The summed E-state index contributed by atoms with van der Waals surface area (Å²) in [6.45, 7) is 2.32. The Morgan fingerprint density at radius 1 is 1.26 bits per heavy atom. The van der Waals surface area contributed by atoms with Gasteiger partial charge in [-0.1, -0.05) is 6.07 Å². The molecule has 0 saturated carbocycles. The third-order valence-corrected chi connectivity index (χ3v) is 5.31. The number of aromatic nitrogens is 1. The molecule has 1 N–H and O–H groups in total. The van der Waals surface area contributed by atoms with Gasteiger partial charge in [-0.05, 0) is 63.3 Å². The van der Waals surface area contributed by atoms with Gasteiger partial charge < -0.3 is 10.2 Å². The first-order chi connectivity index (χ1) is 11.2. The van der Waals surface area contributed by atoms with Gasteiger partial charge in [-0.15, -0.1) is 11.8 Å². The lowest BCUT2D eigenvalue weighted by Crippen LogP contribution is -2.31. The fraction of sp³-hybridized carbons (Fsp3) is 0.333. The summed E-state index contributed by atoms with van der Waals surface area (Å²) < 4.78 is 0. The van der Waals surface area contributed by atoms with Crippen molar-refractivity contribution in [2.75, 3.05) is 25.5 Å². The van der Waals surface area contributed by atoms with Crippen molar-refractivity contribution in [3.05, 3.63) is 54.4 Å². The predicted octanol–water partition coefficient (Wildman–Crippen LogP) is 3.52. The zero-order valence-electron chi connectivity index (χ0n) is 13.2. The van der Waals surface area contributed by atoms with Gasteiger partial charge in [-0.3, -0.25) is 9.78 Å². The lowest BCUT2D eigenvalue weighted by molar-refractivity contribution is 0.102. The Morgan fingerprint density at radius 3 is 2.83 bits per heavy atom. The Bertz CT molecular complexity index is 654. The maximum atomic E-state index is 12.2. The number of nitrogens with one attached hydrogen (secondary N) is 1. The Morgan fingerprint density at radius 2 is 2.09 bits per heavy atom. The molecule has 2 heterocycles. The molecule has 3 rings (SSSR count). The molecule has 23 heavy (non-hydrogen) atoms. The molecule has 1 saturated heterocycles. The van der Waals surface area contributed by atoms with Gasteiger partial charge >= 0.3 is 0 Å². The average Bonchev–Trinajstić information content (AvgIpc) is 2.58. The van der Waals surface area contributed by atoms with Crippen LogP contribution < -0.4 is 5.32 Å². The number of carbonyl (C=O) groups excluding carboxylic acids is 1. The zero-order chi connectivity index (χ0) is 16.1. The molecule has 0 aliphatic carbocycles. The van der Waals surface area contributed by atoms with E-state index in [1.807, 2.05) is 23.9 Å². The summed E-state index contributed by atoms with van der Waals surface area (Å²) in [6, 6.07) is 11.6. The zero-order valence-corrected chi connectivity index (χ0v) is 14.1. The van der Waals surface area contributed by atoms with E-state index < -0.39 is 0 Å². The molecular formula is C18H21N3OS. The third-order valence-electron chi connectivity index (χ3n) is 3.98. The molecule has 4 nitrogen and oxygen atoms in total. The van der Waals surface area contributed by atoms with Crippen LogP contribution in [0, 0.1) is 0 Å². The molecule has 0 unspecified atom stereocenters. The Labute approximate surface area is 141 Å². The number of hydrogen-bond acceptors (Lipinski definition) is 4. The van der Waals surface area contributed by atoms with Crippen LogP contribution in [0.15, 0.2) is 53.7 Å². The smallest absolute Gasteiger partial charge is 0.257 e. The standard InChI is InChI=1S/C18H21N3OS/c1-21-10-7-16(8-11-21)23-17-6-2-5-15(12-17)20-18(22)14-4-3-9-19-13-14/h2-6,9,12-13,16H,7-8,10-11H2,1H3,(H,20,22). The highest BCUT2D eigenvalue weighted by Crippen LogP contribution is 2.31. The first-order valence-electron chi connectivity index (χ1n) is 7.87. The Balaban J connectivity index is 1.62. The minimum atomic E-state index is -0.125. The summed E-state index contributed by atoms with van der Waals surface area (Å²) >= 11 is 1.91. The van der Waals surface area contributed by atoms with Crippen LogP contribution in [0.3, 0.4) is 0 Å². The van der Waals surface area contributed by atoms with Crippen molar-refractivity contribution >= 4 is 23.4 Å². The number of amides is 1. The summed E-state index contributed by atoms with van der Waals surface area (Å²) in [5, 5.41) is 3.60. The topological polar surface area (TPSA) is 45.2 Å². The van der Waals surface area contributed by atoms with E-state index in [0.29, 0.717) is 10.8 Å². The first kappa shape index (κ1) is 16.0. The average molecular weight is 327 g/mol. The molecule has 2 aromatic rings. The van der Waals surface area contributed by atoms with Gasteiger partial charge in [-0.2, -0.15) is 0 Å². The van der Waals surface area contributed by atoms with Crippen molar-refractivity contribution in [3.8, 4) is 0 Å². The van der Waals surface area contributed by atoms with Crippen LogP contribution in [0.25, 0.3) is 0 Å². The maximum absolute atomic E-state index is 12.2. The predicted molar refractivity (Wildman–Crippen MR) is 95.0 cm³/mol. The molecular weight excluding hydrogens is 306 g/mol. The highest BCUT2D eigenvalue weighted by Gasteiger charge is 2.17. The van der Waals surface area contributed by atoms with E-state index in [1.54, 1.807) is 24.5 Å². The van der Waals surface area contributed by atoms with E-state index in [0.717, 1.165) is 18.8 Å². The first-order valence-corrected chi connectivity index (χ1v) is 8.75. The van der Waals surface area contributed by atoms with E-state index in [1.165, 1.54) is 17.7 Å². The Kier molecular flexibility index (Phi) is 5.31. The number of pyridine rings is 1. The molecule has 1 aromatic heterocycles. The summed E-state index contributed by atoms with van der Waals surface area (Å²) in [4.78, 5) is 19.8. The van der Waals surface area contributed by atoms with Crippen LogP contribution in [0.2, 0.25) is 0 Å². The second kappa shape index (κ2) is 7.62. The molecule has 5 heteroatoms. The minimum absolute atomic E-state index is 0.125. The number of carbonyl (C=O) groups is 1. The summed E-state index contributed by atoms with van der Waals surface area (Å²) in [5.41, 5.74) is 1.40. The van der Waals surface area contributed by atoms with E-state index in [2.05, 4.69) is 34.4 Å². The minimum Gasteiger partial charge on any atom is -0.322 e. The number of benzene rings is 1. The molecule has 1 fully saturated rings. The molecule has 0 atom stereocenters. The fourth-order valence-electron chi connectivity index (χ4n) is 2.64. The Hall–Kier alpha value is -1.85. The number of thioether (sulfide) groups is 1. The molecule has 0 bridgehead atoms. The van der Waals surface area contributed by atoms with Crippen LogP contribution in [0.5, 0.6) is 0 Å². The van der Waals surface area contributed by atoms with Crippen molar-refractivity contribution in [1.29, 1.82) is 0 Å². The number of hydrogen-bond donors (Lipinski definition) is 1. The summed E-state index contributed by atoms with van der Waals surface area (Å²) in [6.07, 6.45) is 5.67. The largest absolute Gasteiger partial charge is 0.322 e. The van der Waals surface area contributed by atoms with Gasteiger partial charge in [0.1, 0.15) is 0 Å². The number of anilines is 1. The highest BCUT2D eigenvalue weighted by atomic mass is 32.2. The van der Waals surface area contributed by atoms with Crippen molar-refractivity contribution in [2.45, 2.75) is 23.0 Å². The normalized spacial score (nSPS) is 16.2. The molecule has 0 spiro atoms. The second-order valence-electron chi connectivity index (χ2n) is 5.84. The lowest BCUT2D eigenvalue weighted by Gasteiger charge is -2.28. The van der Waals surface area contributed by atoms with Gasteiger partial charge in [-0.25, -0.2) is 0 Å². The van der Waals surface area contributed by atoms with Crippen LogP contribution in [-0.4, -0.2) is 41.2 Å². The van der Waals surface area contributed by atoms with Gasteiger partial charge in [0.2, 0.25) is 0 Å². The molecule has 1 aromatic carbocycles. The van der Waals surface area contributed by atoms with Crippen molar-refractivity contribution in [2.24, 2.45) is 0 Å². The van der Waals surface area contributed by atoms with E-state index in [9.17, 15) is 4.79 Å². The summed E-state index contributed by atoms with van der Waals surface area (Å²) in [5.74, 6) is -0.125. The lowest BCUT2D eigenvalue weighted by atomic mass is 10.1. The van der Waals surface area contributed by atoms with Crippen LogP contribution in [0.4, 0.5) is 5.69 Å². The number of rotatable bonds is 4. The summed E-state index contributed by atoms with van der Waals surface area (Å²) in [7, 11) is 2.18. The third kappa shape index (κ3) is 4.56. The fourth-order valence-corrected chi connectivity index (χ4v) is 3.83. The SMILES string of the molecule is CN1CCC(Sc2cccc(NC(=O)c3cccnc3)c2)CC1. The van der Waals surface area contributed by atoms with Gasteiger partial charge in [0.25, 0.3) is 5.91 Å². The number of likely N-dealkylation sites (tertiary alicyclic amines) is 1. The van der Waals surface area contributed by atoms with Crippen LogP contribution in [-0.2, 0) is 0 Å². The van der Waals surface area contributed by atoms with Crippen LogP contribution in [0.1, 0.15) is 23.2 Å². The van der Waals surface area contributed by atoms with E-state index >= 15 is 0 Å². The number of nitrogens with zero attached hydrogens (tertiary/aromatic N) is 2. The van der Waals surface area contributed by atoms with Gasteiger partial charge in [0.05, 0.1) is 5.56 Å². The maximum Gasteiger partial charge on any atom is 0.257 e. The van der Waals surface area contributed by atoms with Crippen molar-refractivity contribution in [1.82, 2.24) is 9.88 Å². The second-order valence-corrected chi connectivity index (χ2v) is 7.22. The monoisotopic (exact) mass is 327 g/mol. The van der Waals surface area contributed by atoms with Crippen LogP contribution >= 0.6 is 11.8 Å². The number of piperidine rings is 1. The molecule has 0 radical (unpaired) electrons. The van der Waals surface area contributed by atoms with Gasteiger partial charge in [0, 0.05) is 28.2 Å². The highest BCUT2D eigenvalue weighted by molar-refractivity contribution is 8.00. The molecule has 120 valence electrons. The van der Waals surface area contributed by atoms with Crippen molar-refractivity contribution < 1.29 is 4.79 Å². The van der Waals surface area contributed by atoms with Crippen molar-refractivity contribution in [3.63, 3.8) is 0 Å². The van der Waals surface area contributed by atoms with Gasteiger partial charge in [0.15, 0.2) is 0 Å². The van der Waals surface area contributed by atoms with E-state index in [4.69, 9.17) is 0 Å². The van der Waals surface area contributed by atoms with E-state index in [-0.39, 0.29) is 5.91 Å². The molecule has 1 amide bonds. The quantitative estimate of drug-likeness (QED) is 0.933.